The third-order valence-electron chi connectivity index (χ3n) is 3.40. The molecular formula is C15H22BrNO. The minimum atomic E-state index is 0.136. The molecule has 0 heterocycles. The molecule has 2 nitrogen and oxygen atoms in total. The van der Waals surface area contributed by atoms with E-state index < -0.39 is 0 Å². The molecule has 0 aliphatic rings. The van der Waals surface area contributed by atoms with Crippen molar-refractivity contribution >= 4 is 21.8 Å². The van der Waals surface area contributed by atoms with Crippen LogP contribution in [0.15, 0.2) is 22.7 Å². The molecule has 0 aromatic heterocycles. The Bertz CT molecular complexity index is 417. The lowest BCUT2D eigenvalue weighted by Gasteiger charge is -2.25. The van der Waals surface area contributed by atoms with Gasteiger partial charge in [0.15, 0.2) is 0 Å². The molecule has 0 saturated carbocycles. The van der Waals surface area contributed by atoms with Crippen molar-refractivity contribution in [3.05, 3.63) is 33.8 Å². The lowest BCUT2D eigenvalue weighted by Crippen LogP contribution is -2.34. The maximum absolute atomic E-state index is 12.5. The van der Waals surface area contributed by atoms with Gasteiger partial charge in [0.2, 0.25) is 0 Å². The molecule has 0 aliphatic carbocycles. The van der Waals surface area contributed by atoms with Crippen molar-refractivity contribution in [2.24, 2.45) is 5.92 Å². The zero-order chi connectivity index (χ0) is 13.7. The van der Waals surface area contributed by atoms with Crippen LogP contribution in [-0.2, 0) is 0 Å². The minimum Gasteiger partial charge on any atom is -0.339 e. The molecule has 0 fully saturated rings. The molecule has 1 atom stereocenters. The first-order chi connectivity index (χ1) is 8.51. The van der Waals surface area contributed by atoms with Crippen molar-refractivity contribution in [2.75, 3.05) is 13.1 Å². The lowest BCUT2D eigenvalue weighted by molar-refractivity contribution is 0.0740. The van der Waals surface area contributed by atoms with Crippen LogP contribution in [0.1, 0.15) is 43.1 Å². The number of carbonyl (C=O) groups is 1. The highest BCUT2D eigenvalue weighted by atomic mass is 79.9. The quantitative estimate of drug-likeness (QED) is 0.795. The van der Waals surface area contributed by atoms with Crippen LogP contribution in [0.5, 0.6) is 0 Å². The fourth-order valence-electron chi connectivity index (χ4n) is 1.87. The first-order valence-electron chi connectivity index (χ1n) is 6.55. The monoisotopic (exact) mass is 311 g/mol. The van der Waals surface area contributed by atoms with Gasteiger partial charge >= 0.3 is 0 Å². The fourth-order valence-corrected chi connectivity index (χ4v) is 2.24. The van der Waals surface area contributed by atoms with Crippen LogP contribution < -0.4 is 0 Å². The van der Waals surface area contributed by atoms with E-state index in [1.165, 1.54) is 0 Å². The Morgan fingerprint density at radius 1 is 1.39 bits per heavy atom. The first kappa shape index (κ1) is 15.2. The minimum absolute atomic E-state index is 0.136. The highest BCUT2D eigenvalue weighted by molar-refractivity contribution is 9.10. The van der Waals surface area contributed by atoms with Crippen LogP contribution in [0.25, 0.3) is 0 Å². The number of rotatable bonds is 5. The Labute approximate surface area is 119 Å². The third kappa shape index (κ3) is 3.58. The average molecular weight is 312 g/mol. The molecule has 1 rings (SSSR count). The van der Waals surface area contributed by atoms with Gasteiger partial charge in [-0.05, 0) is 37.5 Å². The summed E-state index contributed by atoms with van der Waals surface area (Å²) in [4.78, 5) is 14.4. The van der Waals surface area contributed by atoms with Gasteiger partial charge in [0.25, 0.3) is 5.91 Å². The predicted molar refractivity (Wildman–Crippen MR) is 79.9 cm³/mol. The van der Waals surface area contributed by atoms with Gasteiger partial charge in [0.05, 0.1) is 0 Å². The van der Waals surface area contributed by atoms with Crippen molar-refractivity contribution in [3.8, 4) is 0 Å². The van der Waals surface area contributed by atoms with Crippen LogP contribution in [0.2, 0.25) is 0 Å². The zero-order valence-electron chi connectivity index (χ0n) is 11.7. The van der Waals surface area contributed by atoms with E-state index in [0.717, 1.165) is 35.1 Å². The lowest BCUT2D eigenvalue weighted by atomic mass is 10.1. The second-order valence-corrected chi connectivity index (χ2v) is 5.62. The molecule has 1 amide bonds. The van der Waals surface area contributed by atoms with E-state index in [2.05, 4.69) is 29.8 Å². The van der Waals surface area contributed by atoms with Crippen LogP contribution >= 0.6 is 15.9 Å². The van der Waals surface area contributed by atoms with Crippen molar-refractivity contribution in [2.45, 2.75) is 34.1 Å². The van der Waals surface area contributed by atoms with Crippen LogP contribution in [0, 0.1) is 12.8 Å². The van der Waals surface area contributed by atoms with Crippen LogP contribution in [-0.4, -0.2) is 23.9 Å². The normalized spacial score (nSPS) is 12.3. The van der Waals surface area contributed by atoms with Crippen molar-refractivity contribution in [1.29, 1.82) is 0 Å². The Hall–Kier alpha value is -0.830. The smallest absolute Gasteiger partial charge is 0.254 e. The Kier molecular flexibility index (Phi) is 5.86. The topological polar surface area (TPSA) is 20.3 Å². The molecule has 0 saturated heterocycles. The van der Waals surface area contributed by atoms with Gasteiger partial charge in [-0.3, -0.25) is 4.79 Å². The van der Waals surface area contributed by atoms with Crippen LogP contribution in [0.3, 0.4) is 0 Å². The van der Waals surface area contributed by atoms with E-state index in [4.69, 9.17) is 0 Å². The fraction of sp³-hybridized carbons (Fsp3) is 0.533. The molecule has 0 bridgehead atoms. The zero-order valence-corrected chi connectivity index (χ0v) is 13.3. The number of benzene rings is 1. The Balaban J connectivity index is 2.93. The highest BCUT2D eigenvalue weighted by Crippen LogP contribution is 2.21. The molecule has 1 aromatic carbocycles. The molecule has 0 spiro atoms. The molecule has 1 unspecified atom stereocenters. The molecule has 1 aromatic rings. The number of hydrogen-bond acceptors (Lipinski definition) is 1. The summed E-state index contributed by atoms with van der Waals surface area (Å²) in [7, 11) is 0. The Morgan fingerprint density at radius 3 is 2.61 bits per heavy atom. The summed E-state index contributed by atoms with van der Waals surface area (Å²) < 4.78 is 0.993. The van der Waals surface area contributed by atoms with Gasteiger partial charge in [-0.1, -0.05) is 42.3 Å². The number of carbonyl (C=O) groups excluding carboxylic acids is 1. The third-order valence-corrected chi connectivity index (χ3v) is 4.26. The van der Waals surface area contributed by atoms with E-state index in [1.807, 2.05) is 36.9 Å². The summed E-state index contributed by atoms with van der Waals surface area (Å²) >= 11 is 3.48. The largest absolute Gasteiger partial charge is 0.339 e. The average Bonchev–Trinajstić information content (AvgIpc) is 2.38. The summed E-state index contributed by atoms with van der Waals surface area (Å²) in [5.41, 5.74) is 1.82. The van der Waals surface area contributed by atoms with Gasteiger partial charge in [-0.2, -0.15) is 0 Å². The molecule has 100 valence electrons. The number of nitrogens with zero attached hydrogens (tertiary/aromatic N) is 1. The standard InChI is InChI=1S/C15H22BrNO/c1-5-11(3)10-17(6-2)15(18)13-8-7-9-14(16)12(13)4/h7-9,11H,5-6,10H2,1-4H3. The van der Waals surface area contributed by atoms with E-state index in [9.17, 15) is 4.79 Å². The number of halogens is 1. The predicted octanol–water partition coefficient (Wildman–Crippen LogP) is 4.27. The number of hydrogen-bond donors (Lipinski definition) is 0. The molecule has 3 heteroatoms. The molecular weight excluding hydrogens is 290 g/mol. The molecule has 0 N–H and O–H groups in total. The van der Waals surface area contributed by atoms with Crippen molar-refractivity contribution in [3.63, 3.8) is 0 Å². The summed E-state index contributed by atoms with van der Waals surface area (Å²) in [5, 5.41) is 0. The van der Waals surface area contributed by atoms with Crippen LogP contribution in [0.4, 0.5) is 0 Å². The van der Waals surface area contributed by atoms with Gasteiger partial charge in [-0.25, -0.2) is 0 Å². The SMILES string of the molecule is CCC(C)CN(CC)C(=O)c1cccc(Br)c1C. The Morgan fingerprint density at radius 2 is 2.06 bits per heavy atom. The van der Waals surface area contributed by atoms with E-state index >= 15 is 0 Å². The van der Waals surface area contributed by atoms with Crippen molar-refractivity contribution < 1.29 is 4.79 Å². The second-order valence-electron chi connectivity index (χ2n) is 4.77. The molecule has 0 aliphatic heterocycles. The summed E-state index contributed by atoms with van der Waals surface area (Å²) in [6.07, 6.45) is 1.10. The summed E-state index contributed by atoms with van der Waals surface area (Å²) in [5.74, 6) is 0.679. The van der Waals surface area contributed by atoms with Gasteiger partial charge in [-0.15, -0.1) is 0 Å². The van der Waals surface area contributed by atoms with Crippen molar-refractivity contribution in [1.82, 2.24) is 4.90 Å². The molecule has 0 radical (unpaired) electrons. The second kappa shape index (κ2) is 6.93. The van der Waals surface area contributed by atoms with E-state index in [0.29, 0.717) is 5.92 Å². The van der Waals surface area contributed by atoms with E-state index in [-0.39, 0.29) is 5.91 Å². The van der Waals surface area contributed by atoms with Gasteiger partial charge < -0.3 is 4.90 Å². The maximum atomic E-state index is 12.5. The first-order valence-corrected chi connectivity index (χ1v) is 7.34. The summed E-state index contributed by atoms with van der Waals surface area (Å²) in [6, 6.07) is 5.79. The summed E-state index contributed by atoms with van der Waals surface area (Å²) in [6.45, 7) is 9.95. The van der Waals surface area contributed by atoms with E-state index in [1.54, 1.807) is 0 Å². The maximum Gasteiger partial charge on any atom is 0.254 e. The highest BCUT2D eigenvalue weighted by Gasteiger charge is 2.18. The van der Waals surface area contributed by atoms with Gasteiger partial charge in [0.1, 0.15) is 0 Å². The molecule has 18 heavy (non-hydrogen) atoms. The van der Waals surface area contributed by atoms with Gasteiger partial charge in [0, 0.05) is 23.1 Å². The number of amides is 1.